The molecule has 0 N–H and O–H groups in total. The molecule has 8 rings (SSSR count). The number of nitrogens with zero attached hydrogens (tertiary/aromatic N) is 2. The van der Waals surface area contributed by atoms with Crippen LogP contribution in [0.25, 0.3) is 66.0 Å². The first-order chi connectivity index (χ1) is 25.9. The van der Waals surface area contributed by atoms with Gasteiger partial charge in [-0.05, 0) is 50.6 Å². The monoisotopic (exact) mass is 883 g/mol. The fourth-order valence-corrected chi connectivity index (χ4v) is 8.41. The van der Waals surface area contributed by atoms with Gasteiger partial charge < -0.3 is 14.4 Å². The van der Waals surface area contributed by atoms with E-state index in [-0.39, 0.29) is 31.2 Å². The van der Waals surface area contributed by atoms with Gasteiger partial charge in [-0.1, -0.05) is 142 Å². The fraction of sp³-hybridized carbons (Fsp3) is 0.217. The zero-order valence-corrected chi connectivity index (χ0v) is 33.8. The van der Waals surface area contributed by atoms with E-state index in [1.165, 1.54) is 27.6 Å². The summed E-state index contributed by atoms with van der Waals surface area (Å²) in [6, 6.07) is 35.3. The van der Waals surface area contributed by atoms with Crippen LogP contribution in [0.1, 0.15) is 61.7 Å². The van der Waals surface area contributed by atoms with Crippen LogP contribution in [0.2, 0.25) is 19.6 Å². The predicted octanol–water partition coefficient (Wildman–Crippen LogP) is 12.5. The van der Waals surface area contributed by atoms with Gasteiger partial charge in [0.2, 0.25) is 0 Å². The van der Waals surface area contributed by atoms with Crippen LogP contribution in [-0.2, 0) is 20.1 Å². The standard InChI is InChI=1S/C28H20NO.C18H23FNSi.Ir/c1-17(2)20-14-15-29-25(16-20)24-9-5-8-22-23-13-12-19-11-10-18-6-3-4-7-21(18)26(19)28(23)30-27(22)24;1-12(2)15-10-17(20-11-18(15)21(4,5)6)14-8-7-13(3)9-16(14)19;/h3-8,10-17H,1-2H3;7,9-12H,1-6H3;/q2*-1;/i17D;3D3;. The average molecular weight is 883 g/mol. The van der Waals surface area contributed by atoms with Crippen LogP contribution in [0, 0.1) is 24.8 Å². The molecular weight excluding hydrogens is 836 g/mol. The van der Waals surface area contributed by atoms with Crippen molar-refractivity contribution < 1.29 is 34.4 Å². The fourth-order valence-electron chi connectivity index (χ4n) is 6.73. The van der Waals surface area contributed by atoms with Crippen molar-refractivity contribution in [3.05, 3.63) is 138 Å². The summed E-state index contributed by atoms with van der Waals surface area (Å²) in [7, 11) is -1.55. The third-order valence-electron chi connectivity index (χ3n) is 9.41. The van der Waals surface area contributed by atoms with Crippen molar-refractivity contribution in [2.45, 2.75) is 66.0 Å². The summed E-state index contributed by atoms with van der Waals surface area (Å²) in [5.41, 5.74) is 6.02. The number of halogens is 1. The van der Waals surface area contributed by atoms with Crippen LogP contribution in [-0.4, -0.2) is 18.0 Å². The van der Waals surface area contributed by atoms with Crippen molar-refractivity contribution in [1.29, 1.82) is 0 Å². The van der Waals surface area contributed by atoms with Crippen molar-refractivity contribution in [3.63, 3.8) is 0 Å². The molecule has 0 unspecified atom stereocenters. The zero-order chi connectivity index (χ0) is 39.4. The molecule has 0 saturated carbocycles. The molecule has 0 aliphatic heterocycles. The van der Waals surface area contributed by atoms with Crippen LogP contribution in [0.15, 0.2) is 108 Å². The molecule has 1 radical (unpaired) electrons. The summed E-state index contributed by atoms with van der Waals surface area (Å²) < 4.78 is 51.5. The second-order valence-electron chi connectivity index (χ2n) is 14.6. The zero-order valence-electron chi connectivity index (χ0n) is 34.4. The second-order valence-corrected chi connectivity index (χ2v) is 19.7. The number of hydrogen-bond acceptors (Lipinski definition) is 3. The molecule has 0 aliphatic rings. The molecule has 3 heterocycles. The minimum Gasteiger partial charge on any atom is -0.500 e. The summed E-state index contributed by atoms with van der Waals surface area (Å²) in [6.45, 7) is 12.4. The number of hydrogen-bond donors (Lipinski definition) is 0. The molecule has 0 bridgehead atoms. The van der Waals surface area contributed by atoms with Crippen LogP contribution in [0.3, 0.4) is 0 Å². The molecule has 265 valence electrons. The first-order valence-corrected chi connectivity index (χ1v) is 20.8. The SMILES string of the molecule is [2H]C(C)(C)c1ccnc(-c2[c-]ccc3c2oc2c3ccc3ccc4ccccc4c32)c1.[2H]C([2H])([2H])c1c[c-]c(-c2cc(C(C)C)c([Si](C)(C)C)cn2)c(F)c1.[Ir]. The van der Waals surface area contributed by atoms with Gasteiger partial charge in [0.1, 0.15) is 5.58 Å². The van der Waals surface area contributed by atoms with Crippen molar-refractivity contribution in [2.24, 2.45) is 0 Å². The molecule has 5 aromatic carbocycles. The molecule has 3 aromatic heterocycles. The number of aryl methyl sites for hydroxylation is 1. The van der Waals surface area contributed by atoms with Crippen LogP contribution in [0.4, 0.5) is 4.39 Å². The molecule has 52 heavy (non-hydrogen) atoms. The molecule has 8 aromatic rings. The topological polar surface area (TPSA) is 38.9 Å². The van der Waals surface area contributed by atoms with Gasteiger partial charge in [-0.25, -0.2) is 0 Å². The Morgan fingerprint density at radius 3 is 2.25 bits per heavy atom. The minimum absolute atomic E-state index is 0. The van der Waals surface area contributed by atoms with Crippen LogP contribution < -0.4 is 5.19 Å². The molecular formula is C46H43FIrN2OSi-2. The Balaban J connectivity index is 0.000000194. The van der Waals surface area contributed by atoms with E-state index in [1.807, 2.05) is 44.3 Å². The number of benzene rings is 5. The van der Waals surface area contributed by atoms with E-state index in [2.05, 4.69) is 110 Å². The normalized spacial score (nSPS) is 13.3. The maximum atomic E-state index is 14.4. The molecule has 3 nitrogen and oxygen atoms in total. The Bertz CT molecular complexity index is 2730. The predicted molar refractivity (Wildman–Crippen MR) is 215 cm³/mol. The number of furan rings is 1. The summed E-state index contributed by atoms with van der Waals surface area (Å²) in [4.78, 5) is 9.02. The third-order valence-corrected chi connectivity index (χ3v) is 11.4. The summed E-state index contributed by atoms with van der Waals surface area (Å²) in [6.07, 6.45) is 3.61. The van der Waals surface area contributed by atoms with Crippen molar-refractivity contribution >= 4 is 56.7 Å². The van der Waals surface area contributed by atoms with E-state index in [0.717, 1.165) is 55.6 Å². The largest absolute Gasteiger partial charge is 0.500 e. The average Bonchev–Trinajstić information content (AvgIpc) is 3.53. The number of aromatic nitrogens is 2. The first-order valence-electron chi connectivity index (χ1n) is 19.3. The summed E-state index contributed by atoms with van der Waals surface area (Å²) in [5, 5.41) is 8.08. The van der Waals surface area contributed by atoms with Gasteiger partial charge in [0, 0.05) is 54.6 Å². The Kier molecular flexibility index (Phi) is 9.20. The van der Waals surface area contributed by atoms with Crippen molar-refractivity contribution in [1.82, 2.24) is 9.97 Å². The van der Waals surface area contributed by atoms with E-state index < -0.39 is 26.6 Å². The second kappa shape index (κ2) is 14.9. The van der Waals surface area contributed by atoms with Gasteiger partial charge in [-0.15, -0.1) is 42.0 Å². The van der Waals surface area contributed by atoms with E-state index in [1.54, 1.807) is 6.20 Å². The van der Waals surface area contributed by atoms with Gasteiger partial charge in [-0.3, -0.25) is 4.39 Å². The van der Waals surface area contributed by atoms with E-state index in [0.29, 0.717) is 11.6 Å². The Hall–Kier alpha value is -4.48. The molecule has 0 spiro atoms. The summed E-state index contributed by atoms with van der Waals surface area (Å²) in [5.74, 6) is -1.00. The first kappa shape index (κ1) is 32.2. The van der Waals surface area contributed by atoms with Gasteiger partial charge in [-0.2, -0.15) is 0 Å². The maximum absolute atomic E-state index is 14.4. The molecule has 6 heteroatoms. The van der Waals surface area contributed by atoms with Gasteiger partial charge >= 0.3 is 0 Å². The van der Waals surface area contributed by atoms with Gasteiger partial charge in [0.15, 0.2) is 0 Å². The third kappa shape index (κ3) is 7.12. The van der Waals surface area contributed by atoms with E-state index in [9.17, 15) is 4.39 Å². The molecule has 0 atom stereocenters. The Morgan fingerprint density at radius 2 is 1.52 bits per heavy atom. The maximum Gasteiger partial charge on any atom is 0.129 e. The molecule has 0 amide bonds. The number of rotatable bonds is 5. The molecule has 0 aliphatic carbocycles. The van der Waals surface area contributed by atoms with Crippen molar-refractivity contribution in [2.75, 3.05) is 0 Å². The molecule has 0 saturated heterocycles. The quantitative estimate of drug-likeness (QED) is 0.0982. The van der Waals surface area contributed by atoms with Gasteiger partial charge in [0.25, 0.3) is 0 Å². The van der Waals surface area contributed by atoms with Crippen LogP contribution in [0.5, 0.6) is 0 Å². The number of fused-ring (bicyclic) bond motifs is 7. The van der Waals surface area contributed by atoms with Crippen molar-refractivity contribution in [3.8, 4) is 22.5 Å². The Morgan fingerprint density at radius 1 is 0.788 bits per heavy atom. The smallest absolute Gasteiger partial charge is 0.129 e. The minimum atomic E-state index is -2.34. The van der Waals surface area contributed by atoms with Gasteiger partial charge in [0.05, 0.1) is 13.7 Å². The summed E-state index contributed by atoms with van der Waals surface area (Å²) >= 11 is 0. The number of pyridine rings is 2. The Labute approximate surface area is 326 Å². The molecule has 0 fully saturated rings. The van der Waals surface area contributed by atoms with E-state index in [4.69, 9.17) is 9.90 Å². The van der Waals surface area contributed by atoms with Crippen LogP contribution >= 0.6 is 0 Å². The van der Waals surface area contributed by atoms with E-state index >= 15 is 0 Å².